The minimum atomic E-state index is -3.14. The number of nitrogens with one attached hydrogen (secondary N) is 1. The second-order valence-electron chi connectivity index (χ2n) is 6.75. The van der Waals surface area contributed by atoms with E-state index in [9.17, 15) is 13.2 Å². The van der Waals surface area contributed by atoms with E-state index >= 15 is 0 Å². The molecule has 1 N–H and O–H groups in total. The number of amides is 1. The zero-order chi connectivity index (χ0) is 18.7. The molecular formula is C18H24N4O3S. The van der Waals surface area contributed by atoms with Crippen LogP contribution >= 0.6 is 0 Å². The maximum Gasteiger partial charge on any atom is 0.226 e. The Labute approximate surface area is 154 Å². The molecule has 1 aromatic carbocycles. The van der Waals surface area contributed by atoms with Crippen molar-refractivity contribution in [3.63, 3.8) is 0 Å². The second kappa shape index (κ2) is 7.59. The monoisotopic (exact) mass is 376 g/mol. The van der Waals surface area contributed by atoms with Gasteiger partial charge in [-0.2, -0.15) is 0 Å². The zero-order valence-electron chi connectivity index (χ0n) is 15.1. The van der Waals surface area contributed by atoms with Gasteiger partial charge >= 0.3 is 0 Å². The Kier molecular flexibility index (Phi) is 5.43. The Bertz CT molecular complexity index is 869. The maximum atomic E-state index is 12.4. The van der Waals surface area contributed by atoms with Gasteiger partial charge in [-0.05, 0) is 24.3 Å². The van der Waals surface area contributed by atoms with E-state index in [0.717, 1.165) is 11.3 Å². The third kappa shape index (κ3) is 4.31. The summed E-state index contributed by atoms with van der Waals surface area (Å²) in [5.41, 5.74) is 1.97. The summed E-state index contributed by atoms with van der Waals surface area (Å²) >= 11 is 0. The number of aromatic nitrogens is 2. The van der Waals surface area contributed by atoms with E-state index in [4.69, 9.17) is 0 Å². The molecule has 2 heterocycles. The molecule has 1 aliphatic heterocycles. The van der Waals surface area contributed by atoms with E-state index in [0.29, 0.717) is 38.3 Å². The molecular weight excluding hydrogens is 352 g/mol. The highest BCUT2D eigenvalue weighted by atomic mass is 32.2. The van der Waals surface area contributed by atoms with Crippen LogP contribution in [0.25, 0.3) is 11.3 Å². The third-order valence-corrected chi connectivity index (χ3v) is 6.13. The lowest BCUT2D eigenvalue weighted by atomic mass is 9.94. The van der Waals surface area contributed by atoms with E-state index in [1.165, 1.54) is 10.6 Å². The number of hydrogen-bond donors (Lipinski definition) is 1. The zero-order valence-corrected chi connectivity index (χ0v) is 15.9. The molecule has 3 rings (SSSR count). The van der Waals surface area contributed by atoms with Crippen LogP contribution in [0.3, 0.4) is 0 Å². The van der Waals surface area contributed by atoms with Gasteiger partial charge in [0.15, 0.2) is 0 Å². The van der Waals surface area contributed by atoms with E-state index in [-0.39, 0.29) is 11.8 Å². The van der Waals surface area contributed by atoms with Gasteiger partial charge in [0.05, 0.1) is 18.1 Å². The average molecular weight is 376 g/mol. The summed E-state index contributed by atoms with van der Waals surface area (Å²) in [5.74, 6) is 0.625. The summed E-state index contributed by atoms with van der Waals surface area (Å²) in [4.78, 5) is 16.7. The van der Waals surface area contributed by atoms with Gasteiger partial charge in [0.25, 0.3) is 0 Å². The van der Waals surface area contributed by atoms with Crippen LogP contribution in [0.15, 0.2) is 36.5 Å². The Hall–Kier alpha value is -2.19. The Morgan fingerprint density at radius 3 is 2.50 bits per heavy atom. The lowest BCUT2D eigenvalue weighted by molar-refractivity contribution is -0.117. The van der Waals surface area contributed by atoms with Crippen LogP contribution in [0.1, 0.15) is 19.3 Å². The van der Waals surface area contributed by atoms with Gasteiger partial charge in [0.2, 0.25) is 21.9 Å². The van der Waals surface area contributed by atoms with Gasteiger partial charge in [-0.25, -0.2) is 17.7 Å². The van der Waals surface area contributed by atoms with Crippen molar-refractivity contribution in [2.75, 3.05) is 24.7 Å². The summed E-state index contributed by atoms with van der Waals surface area (Å²) in [6.45, 7) is 0.967. The first-order valence-corrected chi connectivity index (χ1v) is 10.5. The van der Waals surface area contributed by atoms with Crippen molar-refractivity contribution >= 4 is 21.9 Å². The van der Waals surface area contributed by atoms with Gasteiger partial charge in [-0.3, -0.25) is 10.1 Å². The molecule has 7 nitrogen and oxygen atoms in total. The van der Waals surface area contributed by atoms with Gasteiger partial charge < -0.3 is 4.57 Å². The van der Waals surface area contributed by atoms with Crippen molar-refractivity contribution in [1.29, 1.82) is 0 Å². The topological polar surface area (TPSA) is 84.3 Å². The second-order valence-corrected chi connectivity index (χ2v) is 8.73. The van der Waals surface area contributed by atoms with E-state index in [1.807, 2.05) is 41.9 Å². The number of piperidine rings is 1. The fraction of sp³-hybridized carbons (Fsp3) is 0.444. The predicted octanol–water partition coefficient (Wildman–Crippen LogP) is 2.09. The smallest absolute Gasteiger partial charge is 0.226 e. The van der Waals surface area contributed by atoms with E-state index in [1.54, 1.807) is 6.20 Å². The first-order valence-electron chi connectivity index (χ1n) is 8.66. The van der Waals surface area contributed by atoms with Gasteiger partial charge in [0, 0.05) is 26.6 Å². The molecule has 0 unspecified atom stereocenters. The number of nitrogens with zero attached hydrogens (tertiary/aromatic N) is 3. The number of sulfonamides is 1. The fourth-order valence-electron chi connectivity index (χ4n) is 3.29. The van der Waals surface area contributed by atoms with E-state index in [2.05, 4.69) is 10.3 Å². The standard InChI is InChI=1S/C18H24N4O3S/c1-21-16(15-6-4-3-5-7-15)13-19-18(21)20-17(23)12-14-8-10-22(11-9-14)26(2,24)25/h3-7,13-14H,8-12H2,1-2H3,(H,19,20,23). The highest BCUT2D eigenvalue weighted by molar-refractivity contribution is 7.88. The first kappa shape index (κ1) is 18.6. The quantitative estimate of drug-likeness (QED) is 0.866. The molecule has 1 saturated heterocycles. The summed E-state index contributed by atoms with van der Waals surface area (Å²) in [6, 6.07) is 9.88. The SMILES string of the molecule is Cn1c(-c2ccccc2)cnc1NC(=O)CC1CCN(S(C)(=O)=O)CC1. The number of carbonyl (C=O) groups is 1. The number of rotatable bonds is 5. The van der Waals surface area contributed by atoms with Gasteiger partial charge in [-0.15, -0.1) is 0 Å². The molecule has 1 aliphatic rings. The third-order valence-electron chi connectivity index (χ3n) is 4.83. The average Bonchev–Trinajstić information content (AvgIpc) is 2.96. The summed E-state index contributed by atoms with van der Waals surface area (Å²) in [5, 5.41) is 2.87. The van der Waals surface area contributed by atoms with Crippen LogP contribution < -0.4 is 5.32 Å². The largest absolute Gasteiger partial charge is 0.313 e. The Morgan fingerprint density at radius 2 is 1.88 bits per heavy atom. The fourth-order valence-corrected chi connectivity index (χ4v) is 4.16. The number of imidazole rings is 1. The minimum Gasteiger partial charge on any atom is -0.313 e. The van der Waals surface area contributed by atoms with Crippen LogP contribution in [-0.2, 0) is 21.9 Å². The molecule has 1 aromatic heterocycles. The van der Waals surface area contributed by atoms with Crippen LogP contribution in [0, 0.1) is 5.92 Å². The van der Waals surface area contributed by atoms with Crippen molar-refractivity contribution in [1.82, 2.24) is 13.9 Å². The van der Waals surface area contributed by atoms with Crippen molar-refractivity contribution < 1.29 is 13.2 Å². The normalized spacial score (nSPS) is 16.5. The number of benzene rings is 1. The molecule has 0 spiro atoms. The van der Waals surface area contributed by atoms with Crippen molar-refractivity contribution in [3.05, 3.63) is 36.5 Å². The van der Waals surface area contributed by atoms with Crippen LogP contribution in [0.5, 0.6) is 0 Å². The Morgan fingerprint density at radius 1 is 1.23 bits per heavy atom. The summed E-state index contributed by atoms with van der Waals surface area (Å²) < 4.78 is 26.4. The van der Waals surface area contributed by atoms with Gasteiger partial charge in [0.1, 0.15) is 0 Å². The summed E-state index contributed by atoms with van der Waals surface area (Å²) in [7, 11) is -1.27. The Balaban J connectivity index is 1.57. The van der Waals surface area contributed by atoms with Crippen LogP contribution in [-0.4, -0.2) is 47.5 Å². The molecule has 1 amide bonds. The molecule has 0 bridgehead atoms. The maximum absolute atomic E-state index is 12.4. The highest BCUT2D eigenvalue weighted by Gasteiger charge is 2.26. The number of anilines is 1. The number of carbonyl (C=O) groups excluding carboxylic acids is 1. The molecule has 0 saturated carbocycles. The first-order chi connectivity index (χ1) is 12.3. The molecule has 2 aromatic rings. The molecule has 26 heavy (non-hydrogen) atoms. The van der Waals surface area contributed by atoms with E-state index < -0.39 is 10.0 Å². The number of hydrogen-bond acceptors (Lipinski definition) is 4. The van der Waals surface area contributed by atoms with Crippen molar-refractivity contribution in [2.45, 2.75) is 19.3 Å². The molecule has 8 heteroatoms. The minimum absolute atomic E-state index is 0.0869. The molecule has 0 radical (unpaired) electrons. The lowest BCUT2D eigenvalue weighted by Crippen LogP contribution is -2.38. The van der Waals surface area contributed by atoms with Crippen molar-refractivity contribution in [3.8, 4) is 11.3 Å². The van der Waals surface area contributed by atoms with Crippen LogP contribution in [0.4, 0.5) is 5.95 Å². The highest BCUT2D eigenvalue weighted by Crippen LogP contribution is 2.24. The van der Waals surface area contributed by atoms with Crippen LogP contribution in [0.2, 0.25) is 0 Å². The molecule has 0 aliphatic carbocycles. The molecule has 140 valence electrons. The molecule has 1 fully saturated rings. The summed E-state index contributed by atoms with van der Waals surface area (Å²) in [6.07, 6.45) is 4.76. The molecule has 0 atom stereocenters. The van der Waals surface area contributed by atoms with Crippen molar-refractivity contribution in [2.24, 2.45) is 13.0 Å². The van der Waals surface area contributed by atoms with Gasteiger partial charge in [-0.1, -0.05) is 30.3 Å². The predicted molar refractivity (Wildman–Crippen MR) is 101 cm³/mol. The lowest BCUT2D eigenvalue weighted by Gasteiger charge is -2.29.